The van der Waals surface area contributed by atoms with Crippen molar-refractivity contribution >= 4 is 43.9 Å². The van der Waals surface area contributed by atoms with Crippen LogP contribution in [0.15, 0.2) is 30.3 Å². The van der Waals surface area contributed by atoms with Gasteiger partial charge in [0.25, 0.3) is 5.91 Å². The van der Waals surface area contributed by atoms with E-state index in [1.807, 2.05) is 19.9 Å². The second kappa shape index (κ2) is 6.01. The van der Waals surface area contributed by atoms with E-state index in [0.29, 0.717) is 10.0 Å². The standard InChI is InChI=1S/C16H12FN5OS2/c1-8-12-7-13(14(23)18-16-20-19-9(2)24-16)25-15(12)22(21-8)11-5-3-10(17)4-6-11/h3-7H,1-2H3,(H,18,20,23). The molecule has 4 rings (SSSR count). The van der Waals surface area contributed by atoms with Crippen molar-refractivity contribution in [3.05, 3.63) is 51.7 Å². The maximum absolute atomic E-state index is 13.2. The zero-order valence-corrected chi connectivity index (χ0v) is 14.9. The molecule has 0 saturated heterocycles. The van der Waals surface area contributed by atoms with Gasteiger partial charge in [0.1, 0.15) is 15.7 Å². The Kier molecular flexibility index (Phi) is 3.81. The van der Waals surface area contributed by atoms with E-state index in [1.165, 1.54) is 34.8 Å². The molecule has 0 aliphatic rings. The number of fused-ring (bicyclic) bond motifs is 1. The van der Waals surface area contributed by atoms with Gasteiger partial charge in [0.15, 0.2) is 0 Å². The Morgan fingerprint density at radius 1 is 1.16 bits per heavy atom. The minimum atomic E-state index is -0.303. The lowest BCUT2D eigenvalue weighted by Crippen LogP contribution is -2.09. The van der Waals surface area contributed by atoms with E-state index in [2.05, 4.69) is 20.6 Å². The van der Waals surface area contributed by atoms with Crippen LogP contribution >= 0.6 is 22.7 Å². The van der Waals surface area contributed by atoms with Crippen molar-refractivity contribution in [2.45, 2.75) is 13.8 Å². The molecule has 0 unspecified atom stereocenters. The Morgan fingerprint density at radius 3 is 2.60 bits per heavy atom. The van der Waals surface area contributed by atoms with E-state index in [-0.39, 0.29) is 11.7 Å². The van der Waals surface area contributed by atoms with Gasteiger partial charge in [0, 0.05) is 5.39 Å². The van der Waals surface area contributed by atoms with Gasteiger partial charge >= 0.3 is 0 Å². The first-order valence-electron chi connectivity index (χ1n) is 7.38. The first kappa shape index (κ1) is 15.9. The number of carbonyl (C=O) groups is 1. The molecule has 1 aromatic carbocycles. The zero-order valence-electron chi connectivity index (χ0n) is 13.3. The predicted octanol–water partition coefficient (Wildman–Crippen LogP) is 3.95. The van der Waals surface area contributed by atoms with Crippen molar-refractivity contribution in [2.75, 3.05) is 5.32 Å². The number of carbonyl (C=O) groups excluding carboxylic acids is 1. The number of aryl methyl sites for hydroxylation is 2. The number of nitrogens with one attached hydrogen (secondary N) is 1. The summed E-state index contributed by atoms with van der Waals surface area (Å²) in [4.78, 5) is 13.8. The lowest BCUT2D eigenvalue weighted by atomic mass is 10.3. The van der Waals surface area contributed by atoms with E-state index < -0.39 is 0 Å². The summed E-state index contributed by atoms with van der Waals surface area (Å²) in [7, 11) is 0. The molecule has 1 N–H and O–H groups in total. The van der Waals surface area contributed by atoms with Gasteiger partial charge in [0.05, 0.1) is 16.3 Å². The van der Waals surface area contributed by atoms with Crippen molar-refractivity contribution in [3.63, 3.8) is 0 Å². The van der Waals surface area contributed by atoms with Crippen LogP contribution in [0.2, 0.25) is 0 Å². The van der Waals surface area contributed by atoms with Gasteiger partial charge in [-0.05, 0) is 44.2 Å². The summed E-state index contributed by atoms with van der Waals surface area (Å²) in [5.74, 6) is -0.537. The normalized spacial score (nSPS) is 11.2. The third-order valence-electron chi connectivity index (χ3n) is 3.59. The first-order valence-corrected chi connectivity index (χ1v) is 9.01. The summed E-state index contributed by atoms with van der Waals surface area (Å²) in [6.07, 6.45) is 0. The largest absolute Gasteiger partial charge is 0.296 e. The molecular weight excluding hydrogens is 361 g/mol. The van der Waals surface area contributed by atoms with Gasteiger partial charge in [0.2, 0.25) is 5.13 Å². The van der Waals surface area contributed by atoms with Crippen LogP contribution in [-0.4, -0.2) is 25.9 Å². The molecule has 9 heteroatoms. The first-order chi connectivity index (χ1) is 12.0. The van der Waals surface area contributed by atoms with Gasteiger partial charge in [-0.1, -0.05) is 11.3 Å². The second-order valence-electron chi connectivity index (χ2n) is 5.38. The van der Waals surface area contributed by atoms with Gasteiger partial charge in [-0.2, -0.15) is 5.10 Å². The molecule has 3 heterocycles. The van der Waals surface area contributed by atoms with Crippen LogP contribution in [0.3, 0.4) is 0 Å². The number of rotatable bonds is 3. The van der Waals surface area contributed by atoms with Crippen LogP contribution in [0.4, 0.5) is 9.52 Å². The van der Waals surface area contributed by atoms with Crippen molar-refractivity contribution in [1.29, 1.82) is 0 Å². The summed E-state index contributed by atoms with van der Waals surface area (Å²) in [5, 5.41) is 17.2. The lowest BCUT2D eigenvalue weighted by molar-refractivity contribution is 0.103. The highest BCUT2D eigenvalue weighted by Gasteiger charge is 2.18. The van der Waals surface area contributed by atoms with Gasteiger partial charge in [-0.15, -0.1) is 21.5 Å². The predicted molar refractivity (Wildman–Crippen MR) is 96.2 cm³/mol. The fourth-order valence-corrected chi connectivity index (χ4v) is 4.09. The molecule has 0 atom stereocenters. The molecule has 0 saturated carbocycles. The average molecular weight is 373 g/mol. The summed E-state index contributed by atoms with van der Waals surface area (Å²) in [6.45, 7) is 3.71. The number of amides is 1. The topological polar surface area (TPSA) is 72.7 Å². The maximum atomic E-state index is 13.2. The van der Waals surface area contributed by atoms with Crippen LogP contribution in [-0.2, 0) is 0 Å². The Hall–Kier alpha value is -2.65. The molecule has 6 nitrogen and oxygen atoms in total. The van der Waals surface area contributed by atoms with E-state index in [0.717, 1.165) is 26.6 Å². The summed E-state index contributed by atoms with van der Waals surface area (Å²) in [6, 6.07) is 7.90. The molecule has 0 aliphatic carbocycles. The Morgan fingerprint density at radius 2 is 1.92 bits per heavy atom. The minimum Gasteiger partial charge on any atom is -0.296 e. The van der Waals surface area contributed by atoms with E-state index >= 15 is 0 Å². The molecule has 25 heavy (non-hydrogen) atoms. The smallest absolute Gasteiger partial charge is 0.267 e. The van der Waals surface area contributed by atoms with Crippen molar-refractivity contribution in [1.82, 2.24) is 20.0 Å². The molecule has 3 aromatic heterocycles. The van der Waals surface area contributed by atoms with Gasteiger partial charge in [-0.3, -0.25) is 10.1 Å². The number of nitrogens with zero attached hydrogens (tertiary/aromatic N) is 4. The SMILES string of the molecule is Cc1nnc(NC(=O)c2cc3c(C)nn(-c4ccc(F)cc4)c3s2)s1. The lowest BCUT2D eigenvalue weighted by Gasteiger charge is -2.02. The fourth-order valence-electron chi connectivity index (χ4n) is 2.42. The highest BCUT2D eigenvalue weighted by atomic mass is 32.1. The summed E-state index contributed by atoms with van der Waals surface area (Å²) >= 11 is 2.65. The quantitative estimate of drug-likeness (QED) is 0.590. The third kappa shape index (κ3) is 2.92. The van der Waals surface area contributed by atoms with E-state index in [1.54, 1.807) is 16.8 Å². The molecule has 0 radical (unpaired) electrons. The van der Waals surface area contributed by atoms with Crippen molar-refractivity contribution in [2.24, 2.45) is 0 Å². The molecule has 0 bridgehead atoms. The second-order valence-corrected chi connectivity index (χ2v) is 7.60. The van der Waals surface area contributed by atoms with Gasteiger partial charge < -0.3 is 0 Å². The highest BCUT2D eigenvalue weighted by molar-refractivity contribution is 7.20. The number of benzene rings is 1. The Balaban J connectivity index is 1.71. The fraction of sp³-hybridized carbons (Fsp3) is 0.125. The number of anilines is 1. The number of hydrogen-bond acceptors (Lipinski definition) is 6. The molecule has 0 spiro atoms. The molecule has 0 aliphatic heterocycles. The highest BCUT2D eigenvalue weighted by Crippen LogP contribution is 2.31. The van der Waals surface area contributed by atoms with E-state index in [9.17, 15) is 9.18 Å². The number of hydrogen-bond donors (Lipinski definition) is 1. The van der Waals surface area contributed by atoms with Gasteiger partial charge in [-0.25, -0.2) is 9.07 Å². The molecule has 126 valence electrons. The summed E-state index contributed by atoms with van der Waals surface area (Å²) in [5.41, 5.74) is 1.55. The molecular formula is C16H12FN5OS2. The summed E-state index contributed by atoms with van der Waals surface area (Å²) < 4.78 is 14.9. The zero-order chi connectivity index (χ0) is 17.6. The van der Waals surface area contributed by atoms with E-state index in [4.69, 9.17) is 0 Å². The van der Waals surface area contributed by atoms with Crippen LogP contribution in [0, 0.1) is 19.7 Å². The molecule has 1 amide bonds. The Bertz CT molecular complexity index is 1080. The van der Waals surface area contributed by atoms with Crippen LogP contribution < -0.4 is 5.32 Å². The number of thiophene rings is 1. The van der Waals surface area contributed by atoms with Crippen LogP contribution in [0.25, 0.3) is 15.9 Å². The van der Waals surface area contributed by atoms with Crippen molar-refractivity contribution in [3.8, 4) is 5.69 Å². The average Bonchev–Trinajstić information content (AvgIpc) is 3.26. The maximum Gasteiger partial charge on any atom is 0.267 e. The third-order valence-corrected chi connectivity index (χ3v) is 5.45. The number of halogens is 1. The molecule has 4 aromatic rings. The molecule has 0 fully saturated rings. The number of aromatic nitrogens is 4. The van der Waals surface area contributed by atoms with Crippen LogP contribution in [0.1, 0.15) is 20.4 Å². The minimum absolute atomic E-state index is 0.234. The Labute approximate surface area is 149 Å². The monoisotopic (exact) mass is 373 g/mol. The van der Waals surface area contributed by atoms with Crippen LogP contribution in [0.5, 0.6) is 0 Å². The van der Waals surface area contributed by atoms with Crippen molar-refractivity contribution < 1.29 is 9.18 Å².